The van der Waals surface area contributed by atoms with E-state index in [1.807, 2.05) is 0 Å². The van der Waals surface area contributed by atoms with Crippen molar-refractivity contribution in [3.8, 4) is 0 Å². The molecule has 3 aromatic rings. The third kappa shape index (κ3) is 5.63. The summed E-state index contributed by atoms with van der Waals surface area (Å²) in [6.45, 7) is 4.11. The minimum Gasteiger partial charge on any atom is -0.397 e. The SMILES string of the molecule is CC1(C)CC(=O)c2cc3c(N)c(C(=O)Nc4ccc(Cl)c(Cl)c4)sc3nc2C1.CN(C)C=O. The van der Waals surface area contributed by atoms with Gasteiger partial charge in [-0.05, 0) is 36.1 Å². The summed E-state index contributed by atoms with van der Waals surface area (Å²) in [7, 11) is 3.38. The highest BCUT2D eigenvalue weighted by molar-refractivity contribution is 7.21. The average molecular weight is 507 g/mol. The number of nitrogens with one attached hydrogen (secondary N) is 1. The molecule has 33 heavy (non-hydrogen) atoms. The summed E-state index contributed by atoms with van der Waals surface area (Å²) in [5.41, 5.74) is 8.32. The molecule has 0 saturated carbocycles. The van der Waals surface area contributed by atoms with Crippen molar-refractivity contribution in [3.05, 3.63) is 50.4 Å². The average Bonchev–Trinajstić information content (AvgIpc) is 3.05. The number of rotatable bonds is 3. The first kappa shape index (κ1) is 25.0. The Labute approximate surface area is 205 Å². The third-order valence-electron chi connectivity index (χ3n) is 4.98. The summed E-state index contributed by atoms with van der Waals surface area (Å²) in [4.78, 5) is 41.8. The maximum atomic E-state index is 12.7. The minimum atomic E-state index is -0.358. The first-order valence-electron chi connectivity index (χ1n) is 10.0. The van der Waals surface area contributed by atoms with E-state index in [0.717, 1.165) is 12.1 Å². The van der Waals surface area contributed by atoms with Crippen molar-refractivity contribution in [2.45, 2.75) is 26.7 Å². The monoisotopic (exact) mass is 506 g/mol. The zero-order valence-corrected chi connectivity index (χ0v) is 21.0. The molecule has 2 amide bonds. The van der Waals surface area contributed by atoms with Gasteiger partial charge in [-0.15, -0.1) is 11.3 Å². The number of halogens is 2. The minimum absolute atomic E-state index is 0.0630. The normalized spacial score (nSPS) is 14.2. The summed E-state index contributed by atoms with van der Waals surface area (Å²) in [6.07, 6.45) is 1.94. The summed E-state index contributed by atoms with van der Waals surface area (Å²) < 4.78 is 0. The fourth-order valence-corrected chi connectivity index (χ4v) is 4.72. The fourth-order valence-electron chi connectivity index (χ4n) is 3.43. The molecular formula is C23H24Cl2N4O3S. The van der Waals surface area contributed by atoms with Gasteiger partial charge in [-0.1, -0.05) is 37.0 Å². The van der Waals surface area contributed by atoms with Gasteiger partial charge in [0.2, 0.25) is 6.41 Å². The lowest BCUT2D eigenvalue weighted by Gasteiger charge is -2.29. The zero-order chi connectivity index (χ0) is 24.5. The molecule has 0 radical (unpaired) electrons. The number of nitrogens with two attached hydrogens (primary N) is 1. The van der Waals surface area contributed by atoms with Gasteiger partial charge in [-0.25, -0.2) is 4.98 Å². The Morgan fingerprint density at radius 3 is 2.48 bits per heavy atom. The Morgan fingerprint density at radius 1 is 1.21 bits per heavy atom. The topological polar surface area (TPSA) is 105 Å². The number of Topliss-reactive ketones (excluding diaryl/α,β-unsaturated/α-hetero) is 1. The van der Waals surface area contributed by atoms with Crippen LogP contribution in [0.3, 0.4) is 0 Å². The van der Waals surface area contributed by atoms with Gasteiger partial charge in [-0.3, -0.25) is 14.4 Å². The Morgan fingerprint density at radius 2 is 1.88 bits per heavy atom. The van der Waals surface area contributed by atoms with Gasteiger partial charge in [0.05, 0.1) is 21.4 Å². The molecule has 0 bridgehead atoms. The van der Waals surface area contributed by atoms with E-state index in [2.05, 4.69) is 24.1 Å². The van der Waals surface area contributed by atoms with E-state index in [1.54, 1.807) is 38.4 Å². The van der Waals surface area contributed by atoms with Crippen LogP contribution in [0.25, 0.3) is 10.2 Å². The number of fused-ring (bicyclic) bond motifs is 2. The van der Waals surface area contributed by atoms with Gasteiger partial charge in [0.25, 0.3) is 5.91 Å². The van der Waals surface area contributed by atoms with Crippen molar-refractivity contribution >= 4 is 74.2 Å². The van der Waals surface area contributed by atoms with Crippen molar-refractivity contribution in [1.29, 1.82) is 0 Å². The number of ketones is 1. The molecule has 1 aliphatic carbocycles. The second-order valence-corrected chi connectivity index (χ2v) is 10.6. The largest absolute Gasteiger partial charge is 0.397 e. The van der Waals surface area contributed by atoms with Gasteiger partial charge in [0.1, 0.15) is 9.71 Å². The van der Waals surface area contributed by atoms with Crippen molar-refractivity contribution in [2.75, 3.05) is 25.1 Å². The number of benzene rings is 1. The van der Waals surface area contributed by atoms with E-state index in [4.69, 9.17) is 28.9 Å². The van der Waals surface area contributed by atoms with E-state index < -0.39 is 0 Å². The molecule has 3 N–H and O–H groups in total. The van der Waals surface area contributed by atoms with E-state index in [0.29, 0.717) is 54.9 Å². The maximum Gasteiger partial charge on any atom is 0.267 e. The number of amides is 2. The summed E-state index contributed by atoms with van der Waals surface area (Å²) in [6, 6.07) is 6.62. The highest BCUT2D eigenvalue weighted by atomic mass is 35.5. The number of carbonyl (C=O) groups excluding carboxylic acids is 3. The van der Waals surface area contributed by atoms with E-state index in [-0.39, 0.29) is 17.1 Å². The first-order valence-corrected chi connectivity index (χ1v) is 11.6. The molecule has 0 saturated heterocycles. The molecule has 0 spiro atoms. The van der Waals surface area contributed by atoms with E-state index in [1.165, 1.54) is 16.2 Å². The van der Waals surface area contributed by atoms with Crippen LogP contribution in [0.4, 0.5) is 11.4 Å². The number of aromatic nitrogens is 1. The van der Waals surface area contributed by atoms with Gasteiger partial charge in [0, 0.05) is 37.2 Å². The molecule has 2 heterocycles. The van der Waals surface area contributed by atoms with Crippen LogP contribution in [0.5, 0.6) is 0 Å². The molecule has 1 aromatic carbocycles. The summed E-state index contributed by atoms with van der Waals surface area (Å²) >= 11 is 13.1. The highest BCUT2D eigenvalue weighted by Crippen LogP contribution is 2.39. The molecule has 4 rings (SSSR count). The second-order valence-electron chi connectivity index (χ2n) is 8.77. The summed E-state index contributed by atoms with van der Waals surface area (Å²) in [5, 5.41) is 4.16. The van der Waals surface area contributed by atoms with Crippen molar-refractivity contribution < 1.29 is 14.4 Å². The van der Waals surface area contributed by atoms with Gasteiger partial charge in [0.15, 0.2) is 5.78 Å². The quantitative estimate of drug-likeness (QED) is 0.469. The van der Waals surface area contributed by atoms with Crippen LogP contribution in [-0.2, 0) is 11.2 Å². The Bertz CT molecular complexity index is 1250. The molecule has 1 aliphatic rings. The van der Waals surface area contributed by atoms with Crippen molar-refractivity contribution in [3.63, 3.8) is 0 Å². The fraction of sp³-hybridized carbons (Fsp3) is 0.304. The molecule has 174 valence electrons. The number of carbonyl (C=O) groups is 3. The van der Waals surface area contributed by atoms with Crippen LogP contribution in [-0.4, -0.2) is 42.1 Å². The molecule has 10 heteroatoms. The smallest absolute Gasteiger partial charge is 0.267 e. The molecule has 0 fully saturated rings. The van der Waals surface area contributed by atoms with E-state index >= 15 is 0 Å². The molecule has 0 atom stereocenters. The zero-order valence-electron chi connectivity index (χ0n) is 18.7. The lowest BCUT2D eigenvalue weighted by Crippen LogP contribution is -2.27. The van der Waals surface area contributed by atoms with Gasteiger partial charge < -0.3 is 16.0 Å². The number of nitrogens with zero attached hydrogens (tertiary/aromatic N) is 2. The van der Waals surface area contributed by atoms with Crippen LogP contribution in [0, 0.1) is 5.41 Å². The number of hydrogen-bond acceptors (Lipinski definition) is 6. The van der Waals surface area contributed by atoms with Gasteiger partial charge in [-0.2, -0.15) is 0 Å². The second kappa shape index (κ2) is 9.67. The van der Waals surface area contributed by atoms with Crippen LogP contribution >= 0.6 is 34.5 Å². The molecular weight excluding hydrogens is 483 g/mol. The molecule has 0 unspecified atom stereocenters. The predicted octanol–water partition coefficient (Wildman–Crippen LogP) is 5.30. The van der Waals surface area contributed by atoms with Crippen molar-refractivity contribution in [1.82, 2.24) is 9.88 Å². The summed E-state index contributed by atoms with van der Waals surface area (Å²) in [5.74, 6) is -0.295. The molecule has 7 nitrogen and oxygen atoms in total. The Kier molecular flexibility index (Phi) is 7.31. The lowest BCUT2D eigenvalue weighted by atomic mass is 9.75. The number of hydrogen-bond donors (Lipinski definition) is 2. The Balaban J connectivity index is 0.000000555. The molecule has 2 aromatic heterocycles. The highest BCUT2D eigenvalue weighted by Gasteiger charge is 2.33. The maximum absolute atomic E-state index is 12.7. The van der Waals surface area contributed by atoms with Crippen LogP contribution in [0.1, 0.15) is 46.0 Å². The number of thiophene rings is 1. The number of anilines is 2. The van der Waals surface area contributed by atoms with Crippen molar-refractivity contribution in [2.24, 2.45) is 5.41 Å². The standard InChI is InChI=1S/C20H17Cl2N3O2S.C3H7NO/c1-20(2)7-14-10(15(26)8-20)6-11-16(23)17(28-19(11)25-14)18(27)24-9-3-4-12(21)13(22)5-9;1-4(2)3-5/h3-6H,7-8,23H2,1-2H3,(H,24,27);3H,1-2H3. The first-order chi connectivity index (χ1) is 15.4. The predicted molar refractivity (Wildman–Crippen MR) is 135 cm³/mol. The molecule has 0 aliphatic heterocycles. The van der Waals surface area contributed by atoms with Crippen LogP contribution in [0.15, 0.2) is 24.3 Å². The van der Waals surface area contributed by atoms with Crippen LogP contribution < -0.4 is 11.1 Å². The Hall–Kier alpha value is -2.68. The van der Waals surface area contributed by atoms with Crippen LogP contribution in [0.2, 0.25) is 10.0 Å². The lowest BCUT2D eigenvalue weighted by molar-refractivity contribution is -0.115. The number of pyridine rings is 1. The van der Waals surface area contributed by atoms with Gasteiger partial charge >= 0.3 is 0 Å². The third-order valence-corrected chi connectivity index (χ3v) is 6.83. The number of nitrogen functional groups attached to an aromatic ring is 1. The van der Waals surface area contributed by atoms with E-state index in [9.17, 15) is 14.4 Å².